The van der Waals surface area contributed by atoms with Crippen molar-refractivity contribution in [2.75, 3.05) is 26.2 Å². The molecular formula is C14H23ClN2S. The molecule has 1 saturated heterocycles. The summed E-state index contributed by atoms with van der Waals surface area (Å²) in [5.41, 5.74) is 0. The van der Waals surface area contributed by atoms with E-state index in [1.54, 1.807) is 11.3 Å². The number of nitrogens with zero attached hydrogens (tertiary/aromatic N) is 1. The largest absolute Gasteiger partial charge is 0.314 e. The Bertz CT molecular complexity index is 345. The lowest BCUT2D eigenvalue weighted by molar-refractivity contribution is 0.200. The second-order valence-corrected chi connectivity index (χ2v) is 6.83. The Morgan fingerprint density at radius 3 is 2.78 bits per heavy atom. The van der Waals surface area contributed by atoms with Gasteiger partial charge < -0.3 is 10.2 Å². The van der Waals surface area contributed by atoms with Gasteiger partial charge in [-0.25, -0.2) is 0 Å². The number of nitrogens with one attached hydrogen (secondary N) is 1. The quantitative estimate of drug-likeness (QED) is 0.862. The van der Waals surface area contributed by atoms with Crippen LogP contribution < -0.4 is 5.32 Å². The second kappa shape index (κ2) is 7.49. The number of hydrogen-bond donors (Lipinski definition) is 1. The fraction of sp³-hybridized carbons (Fsp3) is 0.714. The summed E-state index contributed by atoms with van der Waals surface area (Å²) in [5.74, 6) is 0. The molecule has 1 aliphatic rings. The zero-order valence-corrected chi connectivity index (χ0v) is 12.7. The molecule has 0 radical (unpaired) electrons. The summed E-state index contributed by atoms with van der Waals surface area (Å²) in [6.07, 6.45) is 4.97. The van der Waals surface area contributed by atoms with E-state index in [9.17, 15) is 0 Å². The van der Waals surface area contributed by atoms with Crippen LogP contribution in [0.25, 0.3) is 0 Å². The van der Waals surface area contributed by atoms with Crippen LogP contribution >= 0.6 is 22.9 Å². The monoisotopic (exact) mass is 286 g/mol. The topological polar surface area (TPSA) is 15.3 Å². The predicted molar refractivity (Wildman–Crippen MR) is 80.8 cm³/mol. The SMILES string of the molecule is CCCNC1CCN(CCc2ccc(Cl)s2)CC1. The molecule has 0 saturated carbocycles. The predicted octanol–water partition coefficient (Wildman–Crippen LogP) is 3.41. The fourth-order valence-electron chi connectivity index (χ4n) is 2.46. The molecule has 0 spiro atoms. The number of rotatable bonds is 6. The third-order valence-electron chi connectivity index (χ3n) is 3.57. The van der Waals surface area contributed by atoms with Crippen LogP contribution in [0.3, 0.4) is 0 Å². The lowest BCUT2D eigenvalue weighted by Gasteiger charge is -2.32. The van der Waals surface area contributed by atoms with Crippen LogP contribution in [0, 0.1) is 0 Å². The van der Waals surface area contributed by atoms with Crippen LogP contribution in [0.1, 0.15) is 31.1 Å². The molecule has 0 atom stereocenters. The highest BCUT2D eigenvalue weighted by Gasteiger charge is 2.18. The van der Waals surface area contributed by atoms with Gasteiger partial charge in [0.25, 0.3) is 0 Å². The molecule has 0 bridgehead atoms. The summed E-state index contributed by atoms with van der Waals surface area (Å²) >= 11 is 7.66. The Morgan fingerprint density at radius 1 is 1.39 bits per heavy atom. The maximum atomic E-state index is 5.95. The van der Waals surface area contributed by atoms with Gasteiger partial charge in [-0.3, -0.25) is 0 Å². The van der Waals surface area contributed by atoms with Crippen molar-refractivity contribution in [2.24, 2.45) is 0 Å². The van der Waals surface area contributed by atoms with Crippen molar-refractivity contribution in [2.45, 2.75) is 38.6 Å². The van der Waals surface area contributed by atoms with Crippen LogP contribution in [0.5, 0.6) is 0 Å². The van der Waals surface area contributed by atoms with Gasteiger partial charge in [0, 0.05) is 17.5 Å². The van der Waals surface area contributed by atoms with Gasteiger partial charge >= 0.3 is 0 Å². The van der Waals surface area contributed by atoms with E-state index < -0.39 is 0 Å². The highest BCUT2D eigenvalue weighted by molar-refractivity contribution is 7.16. The summed E-state index contributed by atoms with van der Waals surface area (Å²) in [5, 5.41) is 3.63. The van der Waals surface area contributed by atoms with E-state index in [0.29, 0.717) is 0 Å². The number of piperidine rings is 1. The standard InChI is InChI=1S/C14H23ClN2S/c1-2-8-16-12-5-9-17(10-6-12)11-7-13-3-4-14(15)18-13/h3-4,12,16H,2,5-11H2,1H3. The van der Waals surface area contributed by atoms with E-state index in [1.807, 2.05) is 6.07 Å². The van der Waals surface area contributed by atoms with E-state index in [0.717, 1.165) is 16.8 Å². The van der Waals surface area contributed by atoms with Crippen molar-refractivity contribution >= 4 is 22.9 Å². The molecule has 2 heterocycles. The van der Waals surface area contributed by atoms with Crippen molar-refractivity contribution in [1.29, 1.82) is 0 Å². The van der Waals surface area contributed by atoms with Crippen molar-refractivity contribution < 1.29 is 0 Å². The normalized spacial score (nSPS) is 18.3. The molecule has 0 amide bonds. The molecule has 102 valence electrons. The average molecular weight is 287 g/mol. The molecular weight excluding hydrogens is 264 g/mol. The molecule has 1 N–H and O–H groups in total. The molecule has 1 aromatic heterocycles. The fourth-order valence-corrected chi connectivity index (χ4v) is 3.54. The molecule has 1 fully saturated rings. The van der Waals surface area contributed by atoms with Gasteiger partial charge in [-0.1, -0.05) is 18.5 Å². The molecule has 2 rings (SSSR count). The number of hydrogen-bond acceptors (Lipinski definition) is 3. The molecule has 0 aliphatic carbocycles. The Hall–Kier alpha value is -0.0900. The van der Waals surface area contributed by atoms with Crippen LogP contribution in [0.15, 0.2) is 12.1 Å². The first kappa shape index (κ1) is 14.3. The van der Waals surface area contributed by atoms with Crippen molar-refractivity contribution in [1.82, 2.24) is 10.2 Å². The Morgan fingerprint density at radius 2 is 2.17 bits per heavy atom. The van der Waals surface area contributed by atoms with E-state index >= 15 is 0 Å². The second-order valence-electron chi connectivity index (χ2n) is 5.03. The molecule has 4 heteroatoms. The molecule has 1 aromatic rings. The number of likely N-dealkylation sites (tertiary alicyclic amines) is 1. The first-order valence-electron chi connectivity index (χ1n) is 6.98. The maximum absolute atomic E-state index is 5.95. The minimum Gasteiger partial charge on any atom is -0.314 e. The zero-order valence-electron chi connectivity index (χ0n) is 11.1. The van der Waals surface area contributed by atoms with E-state index in [4.69, 9.17) is 11.6 Å². The Labute approximate surface area is 119 Å². The Kier molecular flexibility index (Phi) is 5.96. The molecule has 2 nitrogen and oxygen atoms in total. The van der Waals surface area contributed by atoms with Gasteiger partial charge in [-0.15, -0.1) is 11.3 Å². The average Bonchev–Trinajstić information content (AvgIpc) is 2.81. The first-order valence-corrected chi connectivity index (χ1v) is 8.17. The summed E-state index contributed by atoms with van der Waals surface area (Å²) in [6.45, 7) is 7.05. The van der Waals surface area contributed by atoms with E-state index in [-0.39, 0.29) is 0 Å². The van der Waals surface area contributed by atoms with Crippen LogP contribution in [-0.4, -0.2) is 37.1 Å². The maximum Gasteiger partial charge on any atom is 0.0931 e. The molecule has 18 heavy (non-hydrogen) atoms. The van der Waals surface area contributed by atoms with Crippen LogP contribution in [-0.2, 0) is 6.42 Å². The van der Waals surface area contributed by atoms with Gasteiger partial charge in [0.05, 0.1) is 4.34 Å². The third kappa shape index (κ3) is 4.54. The van der Waals surface area contributed by atoms with Crippen molar-refractivity contribution in [3.8, 4) is 0 Å². The molecule has 1 aliphatic heterocycles. The van der Waals surface area contributed by atoms with Crippen molar-refractivity contribution in [3.05, 3.63) is 21.3 Å². The third-order valence-corrected chi connectivity index (χ3v) is 4.86. The smallest absolute Gasteiger partial charge is 0.0931 e. The lowest BCUT2D eigenvalue weighted by atomic mass is 10.0. The van der Waals surface area contributed by atoms with Gasteiger partial charge in [0.1, 0.15) is 0 Å². The molecule has 0 aromatic carbocycles. The highest BCUT2D eigenvalue weighted by atomic mass is 35.5. The summed E-state index contributed by atoms with van der Waals surface area (Å²) in [4.78, 5) is 3.99. The lowest BCUT2D eigenvalue weighted by Crippen LogP contribution is -2.43. The van der Waals surface area contributed by atoms with Crippen LogP contribution in [0.2, 0.25) is 4.34 Å². The van der Waals surface area contributed by atoms with Gasteiger partial charge in [0.2, 0.25) is 0 Å². The van der Waals surface area contributed by atoms with Gasteiger partial charge in [-0.05, 0) is 57.5 Å². The van der Waals surface area contributed by atoms with Gasteiger partial charge in [0.15, 0.2) is 0 Å². The Balaban J connectivity index is 1.64. The van der Waals surface area contributed by atoms with E-state index in [1.165, 1.54) is 50.3 Å². The van der Waals surface area contributed by atoms with Crippen LogP contribution in [0.4, 0.5) is 0 Å². The number of thiophene rings is 1. The summed E-state index contributed by atoms with van der Waals surface area (Å²) in [6, 6.07) is 4.91. The number of halogens is 1. The van der Waals surface area contributed by atoms with E-state index in [2.05, 4.69) is 23.2 Å². The van der Waals surface area contributed by atoms with Gasteiger partial charge in [-0.2, -0.15) is 0 Å². The zero-order chi connectivity index (χ0) is 12.8. The summed E-state index contributed by atoms with van der Waals surface area (Å²) in [7, 11) is 0. The van der Waals surface area contributed by atoms with Crippen molar-refractivity contribution in [3.63, 3.8) is 0 Å². The highest BCUT2D eigenvalue weighted by Crippen LogP contribution is 2.22. The summed E-state index contributed by atoms with van der Waals surface area (Å²) < 4.78 is 0.910. The minimum atomic E-state index is 0.748. The molecule has 0 unspecified atom stereocenters. The minimum absolute atomic E-state index is 0.748. The first-order chi connectivity index (χ1) is 8.78.